The quantitative estimate of drug-likeness (QED) is 0.801. The Balaban J connectivity index is 2.39. The van der Waals surface area contributed by atoms with E-state index >= 15 is 0 Å². The van der Waals surface area contributed by atoms with Crippen LogP contribution in [0.5, 0.6) is 0 Å². The fraction of sp³-hybridized carbons (Fsp3) is 0.154. The van der Waals surface area contributed by atoms with Gasteiger partial charge >= 0.3 is 5.69 Å². The van der Waals surface area contributed by atoms with E-state index in [2.05, 4.69) is 4.98 Å². The van der Waals surface area contributed by atoms with Gasteiger partial charge in [0.05, 0.1) is 6.54 Å². The minimum Gasteiger partial charge on any atom is -0.389 e. The number of hydrogen-bond donors (Lipinski definition) is 2. The van der Waals surface area contributed by atoms with E-state index in [-0.39, 0.29) is 5.56 Å². The highest BCUT2D eigenvalue weighted by Gasteiger charge is 2.03. The predicted molar refractivity (Wildman–Crippen MR) is 77.5 cm³/mol. The van der Waals surface area contributed by atoms with E-state index in [1.807, 2.05) is 24.3 Å². The zero-order chi connectivity index (χ0) is 14.0. The zero-order valence-electron chi connectivity index (χ0n) is 10.3. The van der Waals surface area contributed by atoms with Gasteiger partial charge in [-0.15, -0.1) is 0 Å². The van der Waals surface area contributed by atoms with Gasteiger partial charge < -0.3 is 5.73 Å². The number of aryl methyl sites for hydroxylation is 1. The number of benzene rings is 1. The van der Waals surface area contributed by atoms with Gasteiger partial charge in [0.25, 0.3) is 5.56 Å². The van der Waals surface area contributed by atoms with Gasteiger partial charge in [-0.05, 0) is 18.6 Å². The van der Waals surface area contributed by atoms with Gasteiger partial charge in [0.1, 0.15) is 4.99 Å². The second kappa shape index (κ2) is 5.19. The average molecular weight is 275 g/mol. The molecular formula is C13H13N3O2S. The number of nitrogens with two attached hydrogens (primary N) is 1. The van der Waals surface area contributed by atoms with Crippen LogP contribution >= 0.6 is 12.2 Å². The maximum atomic E-state index is 11.7. The summed E-state index contributed by atoms with van der Waals surface area (Å²) in [4.78, 5) is 25.5. The molecule has 0 aliphatic rings. The van der Waals surface area contributed by atoms with Crippen LogP contribution in [0.2, 0.25) is 0 Å². The summed E-state index contributed by atoms with van der Waals surface area (Å²) in [5.74, 6) is 0. The third kappa shape index (κ3) is 2.97. The van der Waals surface area contributed by atoms with Gasteiger partial charge in [-0.2, -0.15) is 0 Å². The van der Waals surface area contributed by atoms with Crippen molar-refractivity contribution in [3.8, 4) is 0 Å². The van der Waals surface area contributed by atoms with Gasteiger partial charge in [-0.1, -0.05) is 30.4 Å². The van der Waals surface area contributed by atoms with Crippen LogP contribution in [0.4, 0.5) is 0 Å². The molecule has 0 aliphatic carbocycles. The van der Waals surface area contributed by atoms with Crippen LogP contribution < -0.4 is 17.0 Å². The summed E-state index contributed by atoms with van der Waals surface area (Å²) in [6, 6.07) is 7.34. The fourth-order valence-corrected chi connectivity index (χ4v) is 1.88. The van der Waals surface area contributed by atoms with Crippen LogP contribution in [-0.4, -0.2) is 14.5 Å². The lowest BCUT2D eigenvalue weighted by Crippen LogP contribution is -2.31. The Kier molecular flexibility index (Phi) is 3.62. The lowest BCUT2D eigenvalue weighted by Gasteiger charge is -2.07. The molecule has 0 aliphatic heterocycles. The Hall–Kier alpha value is -2.21. The van der Waals surface area contributed by atoms with Crippen molar-refractivity contribution in [1.82, 2.24) is 9.55 Å². The first kappa shape index (κ1) is 13.2. The van der Waals surface area contributed by atoms with Crippen LogP contribution in [-0.2, 0) is 6.54 Å². The molecule has 2 rings (SSSR count). The topological polar surface area (TPSA) is 80.9 Å². The van der Waals surface area contributed by atoms with Gasteiger partial charge in [-0.3, -0.25) is 14.3 Å². The second-order valence-corrected chi connectivity index (χ2v) is 4.70. The predicted octanol–water partition coefficient (Wildman–Crippen LogP) is 0.528. The smallest absolute Gasteiger partial charge is 0.328 e. The van der Waals surface area contributed by atoms with Crippen LogP contribution in [0.25, 0.3) is 0 Å². The number of thiocarbonyl (C=S) groups is 1. The van der Waals surface area contributed by atoms with Crippen molar-refractivity contribution >= 4 is 17.2 Å². The van der Waals surface area contributed by atoms with E-state index in [0.717, 1.165) is 11.1 Å². The number of aromatic amines is 1. The van der Waals surface area contributed by atoms with E-state index in [9.17, 15) is 9.59 Å². The maximum absolute atomic E-state index is 11.7. The molecule has 0 bridgehead atoms. The van der Waals surface area contributed by atoms with Gasteiger partial charge in [0.15, 0.2) is 0 Å². The molecule has 1 aromatic heterocycles. The zero-order valence-corrected chi connectivity index (χ0v) is 11.2. The lowest BCUT2D eigenvalue weighted by atomic mass is 10.1. The van der Waals surface area contributed by atoms with Crippen LogP contribution in [0.3, 0.4) is 0 Å². The molecule has 0 saturated heterocycles. The maximum Gasteiger partial charge on any atom is 0.328 e. The summed E-state index contributed by atoms with van der Waals surface area (Å²) in [6.07, 6.45) is 1.54. The highest BCUT2D eigenvalue weighted by Crippen LogP contribution is 2.06. The molecule has 3 N–H and O–H groups in total. The third-order valence-electron chi connectivity index (χ3n) is 2.75. The van der Waals surface area contributed by atoms with Crippen molar-refractivity contribution in [2.45, 2.75) is 13.5 Å². The molecule has 19 heavy (non-hydrogen) atoms. The van der Waals surface area contributed by atoms with Gasteiger partial charge in [0, 0.05) is 17.3 Å². The average Bonchev–Trinajstić information content (AvgIpc) is 2.36. The van der Waals surface area contributed by atoms with Crippen molar-refractivity contribution in [1.29, 1.82) is 0 Å². The number of hydrogen-bond acceptors (Lipinski definition) is 3. The number of nitrogens with one attached hydrogen (secondary N) is 1. The molecule has 0 atom stereocenters. The molecule has 98 valence electrons. The number of aromatic nitrogens is 2. The number of rotatable bonds is 3. The van der Waals surface area contributed by atoms with Crippen molar-refractivity contribution < 1.29 is 0 Å². The molecule has 0 amide bonds. The summed E-state index contributed by atoms with van der Waals surface area (Å²) in [7, 11) is 0. The molecule has 0 radical (unpaired) electrons. The molecule has 6 heteroatoms. The minimum atomic E-state index is -0.434. The highest BCUT2D eigenvalue weighted by molar-refractivity contribution is 7.80. The molecule has 1 heterocycles. The molecule has 5 nitrogen and oxygen atoms in total. The Morgan fingerprint density at radius 3 is 2.84 bits per heavy atom. The summed E-state index contributed by atoms with van der Waals surface area (Å²) in [5, 5.41) is 0. The first-order valence-corrected chi connectivity index (χ1v) is 6.07. The van der Waals surface area contributed by atoms with E-state index in [1.54, 1.807) is 6.92 Å². The third-order valence-corrected chi connectivity index (χ3v) is 2.99. The highest BCUT2D eigenvalue weighted by atomic mass is 32.1. The summed E-state index contributed by atoms with van der Waals surface area (Å²) in [5.41, 5.74) is 6.90. The number of nitrogens with zero attached hydrogens (tertiary/aromatic N) is 1. The molecule has 0 spiro atoms. The number of H-pyrrole nitrogens is 1. The van der Waals surface area contributed by atoms with Crippen molar-refractivity contribution in [2.24, 2.45) is 5.73 Å². The van der Waals surface area contributed by atoms with Crippen molar-refractivity contribution in [2.75, 3.05) is 0 Å². The molecule has 0 unspecified atom stereocenters. The van der Waals surface area contributed by atoms with E-state index < -0.39 is 5.69 Å². The van der Waals surface area contributed by atoms with E-state index in [4.69, 9.17) is 18.0 Å². The monoisotopic (exact) mass is 275 g/mol. The fourth-order valence-electron chi connectivity index (χ4n) is 1.76. The summed E-state index contributed by atoms with van der Waals surface area (Å²) < 4.78 is 1.44. The normalized spacial score (nSPS) is 10.4. The Morgan fingerprint density at radius 2 is 2.16 bits per heavy atom. The molecule has 1 aromatic carbocycles. The molecule has 0 saturated carbocycles. The first-order chi connectivity index (χ1) is 8.97. The minimum absolute atomic E-state index is 0.312. The SMILES string of the molecule is Cc1cn(Cc2cccc(C(N)=S)c2)c(=O)[nH]c1=O. The molecule has 2 aromatic rings. The Bertz CT molecular complexity index is 746. The van der Waals surface area contributed by atoms with Crippen molar-refractivity contribution in [3.05, 3.63) is 68.0 Å². The first-order valence-electron chi connectivity index (χ1n) is 5.66. The van der Waals surface area contributed by atoms with Gasteiger partial charge in [-0.25, -0.2) is 4.79 Å². The van der Waals surface area contributed by atoms with E-state index in [1.165, 1.54) is 10.8 Å². The van der Waals surface area contributed by atoms with Crippen LogP contribution in [0.1, 0.15) is 16.7 Å². The van der Waals surface area contributed by atoms with Gasteiger partial charge in [0.2, 0.25) is 0 Å². The van der Waals surface area contributed by atoms with Crippen molar-refractivity contribution in [3.63, 3.8) is 0 Å². The molecule has 0 fully saturated rings. The Morgan fingerprint density at radius 1 is 1.42 bits per heavy atom. The standard InChI is InChI=1S/C13H13N3O2S/c1-8-6-16(13(18)15-12(8)17)7-9-3-2-4-10(5-9)11(14)19/h2-6H,7H2,1H3,(H2,14,19)(H,15,17,18). The van der Waals surface area contributed by atoms with Crippen LogP contribution in [0, 0.1) is 6.92 Å². The lowest BCUT2D eigenvalue weighted by molar-refractivity contribution is 0.713. The van der Waals surface area contributed by atoms with Crippen LogP contribution in [0.15, 0.2) is 40.1 Å². The second-order valence-electron chi connectivity index (χ2n) is 4.26. The Labute approximate surface area is 114 Å². The summed E-state index contributed by atoms with van der Waals surface area (Å²) in [6.45, 7) is 2.01. The molecular weight excluding hydrogens is 262 g/mol. The largest absolute Gasteiger partial charge is 0.389 e. The summed E-state index contributed by atoms with van der Waals surface area (Å²) >= 11 is 4.91. The van der Waals surface area contributed by atoms with E-state index in [0.29, 0.717) is 17.1 Å².